The predicted molar refractivity (Wildman–Crippen MR) is 87.1 cm³/mol. The first kappa shape index (κ1) is 18.2. The van der Waals surface area contributed by atoms with E-state index in [0.717, 1.165) is 37.9 Å². The average Bonchev–Trinajstić information content (AvgIpc) is 2.47. The molecule has 1 aliphatic rings. The highest BCUT2D eigenvalue weighted by Gasteiger charge is 2.25. The summed E-state index contributed by atoms with van der Waals surface area (Å²) in [4.78, 5) is 27.5. The number of nitrogens with zero attached hydrogens (tertiary/aromatic N) is 1. The Morgan fingerprint density at radius 1 is 1.12 bits per heavy atom. The summed E-state index contributed by atoms with van der Waals surface area (Å²) in [5.74, 6) is -0.863. The quantitative estimate of drug-likeness (QED) is 0.889. The summed E-state index contributed by atoms with van der Waals surface area (Å²) >= 11 is 0. The Labute approximate surface area is 141 Å². The Bertz CT molecular complexity index is 593. The zero-order valence-corrected chi connectivity index (χ0v) is 14.3. The van der Waals surface area contributed by atoms with Gasteiger partial charge in [0, 0.05) is 18.3 Å². The van der Waals surface area contributed by atoms with Crippen LogP contribution < -0.4 is 10.6 Å². The maximum Gasteiger partial charge on any atom is 0.407 e. The van der Waals surface area contributed by atoms with Crippen LogP contribution in [0.3, 0.4) is 0 Å². The van der Waals surface area contributed by atoms with E-state index in [1.54, 1.807) is 0 Å². The van der Waals surface area contributed by atoms with E-state index in [-0.39, 0.29) is 23.6 Å². The molecule has 132 valence electrons. The summed E-state index contributed by atoms with van der Waals surface area (Å²) in [5, 5.41) is 5.74. The van der Waals surface area contributed by atoms with E-state index >= 15 is 0 Å². The Kier molecular flexibility index (Phi) is 5.75. The van der Waals surface area contributed by atoms with Crippen molar-refractivity contribution in [1.82, 2.24) is 15.6 Å². The number of halogens is 1. The number of alkyl carbamates (subject to hydrolysis) is 1. The van der Waals surface area contributed by atoms with Crippen molar-refractivity contribution >= 4 is 12.0 Å². The third-order valence-corrected chi connectivity index (χ3v) is 3.75. The van der Waals surface area contributed by atoms with Crippen LogP contribution in [-0.2, 0) is 4.74 Å². The molecule has 7 heteroatoms. The maximum atomic E-state index is 13.1. The molecule has 0 radical (unpaired) electrons. The second-order valence-corrected chi connectivity index (χ2v) is 7.06. The number of carbonyl (C=O) groups is 2. The Morgan fingerprint density at radius 2 is 1.71 bits per heavy atom. The summed E-state index contributed by atoms with van der Waals surface area (Å²) in [6.45, 7) is 5.46. The average molecular weight is 337 g/mol. The third kappa shape index (κ3) is 5.79. The predicted octanol–water partition coefficient (Wildman–Crippen LogP) is 2.79. The monoisotopic (exact) mass is 337 g/mol. The minimum atomic E-state index is -0.534. The Morgan fingerprint density at radius 3 is 2.25 bits per heavy atom. The van der Waals surface area contributed by atoms with Gasteiger partial charge in [0.1, 0.15) is 11.4 Å². The van der Waals surface area contributed by atoms with Crippen LogP contribution >= 0.6 is 0 Å². The van der Waals surface area contributed by atoms with Gasteiger partial charge in [-0.1, -0.05) is 0 Å². The fourth-order valence-electron chi connectivity index (χ4n) is 2.66. The highest BCUT2D eigenvalue weighted by molar-refractivity contribution is 5.94. The Balaban J connectivity index is 1.76. The van der Waals surface area contributed by atoms with Gasteiger partial charge in [-0.2, -0.15) is 0 Å². The summed E-state index contributed by atoms with van der Waals surface area (Å²) < 4.78 is 18.3. The second kappa shape index (κ2) is 7.59. The van der Waals surface area contributed by atoms with Crippen molar-refractivity contribution < 1.29 is 18.7 Å². The molecule has 1 saturated carbocycles. The summed E-state index contributed by atoms with van der Waals surface area (Å²) in [6, 6.07) is 1.22. The lowest BCUT2D eigenvalue weighted by Crippen LogP contribution is -2.45. The molecule has 0 spiro atoms. The topological polar surface area (TPSA) is 80.3 Å². The minimum absolute atomic E-state index is 0.0115. The molecule has 1 aliphatic carbocycles. The van der Waals surface area contributed by atoms with Crippen molar-refractivity contribution in [3.05, 3.63) is 29.8 Å². The van der Waals surface area contributed by atoms with Crippen LogP contribution in [0.4, 0.5) is 9.18 Å². The molecule has 2 N–H and O–H groups in total. The first-order valence-electron chi connectivity index (χ1n) is 8.14. The summed E-state index contributed by atoms with van der Waals surface area (Å²) in [5.41, 5.74) is -0.308. The van der Waals surface area contributed by atoms with E-state index in [4.69, 9.17) is 4.74 Å². The van der Waals surface area contributed by atoms with Crippen molar-refractivity contribution in [3.63, 3.8) is 0 Å². The van der Waals surface area contributed by atoms with Crippen LogP contribution in [0.5, 0.6) is 0 Å². The third-order valence-electron chi connectivity index (χ3n) is 3.75. The number of hydrogen-bond acceptors (Lipinski definition) is 4. The van der Waals surface area contributed by atoms with E-state index in [2.05, 4.69) is 15.6 Å². The van der Waals surface area contributed by atoms with E-state index in [1.165, 1.54) is 6.20 Å². The fourth-order valence-corrected chi connectivity index (χ4v) is 2.66. The molecule has 2 amide bonds. The van der Waals surface area contributed by atoms with Gasteiger partial charge in [0.25, 0.3) is 5.91 Å². The molecule has 0 bridgehead atoms. The number of carbonyl (C=O) groups excluding carboxylic acids is 2. The molecule has 2 rings (SSSR count). The van der Waals surface area contributed by atoms with Gasteiger partial charge in [0.2, 0.25) is 0 Å². The molecule has 0 atom stereocenters. The van der Waals surface area contributed by atoms with Gasteiger partial charge < -0.3 is 15.4 Å². The van der Waals surface area contributed by atoms with Crippen LogP contribution in [0.25, 0.3) is 0 Å². The number of aromatic nitrogens is 1. The molecule has 0 unspecified atom stereocenters. The number of hydrogen-bond donors (Lipinski definition) is 2. The molecule has 24 heavy (non-hydrogen) atoms. The van der Waals surface area contributed by atoms with Crippen molar-refractivity contribution in [2.24, 2.45) is 0 Å². The van der Waals surface area contributed by atoms with Crippen molar-refractivity contribution in [2.45, 2.75) is 64.1 Å². The van der Waals surface area contributed by atoms with Gasteiger partial charge in [-0.25, -0.2) is 9.18 Å². The maximum absolute atomic E-state index is 13.1. The zero-order valence-electron chi connectivity index (χ0n) is 14.3. The van der Waals surface area contributed by atoms with E-state index in [9.17, 15) is 14.0 Å². The van der Waals surface area contributed by atoms with Gasteiger partial charge in [-0.05, 0) is 52.5 Å². The van der Waals surface area contributed by atoms with Crippen molar-refractivity contribution in [2.75, 3.05) is 0 Å². The largest absolute Gasteiger partial charge is 0.444 e. The Hall–Kier alpha value is -2.18. The van der Waals surface area contributed by atoms with Gasteiger partial charge in [-0.3, -0.25) is 9.78 Å². The minimum Gasteiger partial charge on any atom is -0.444 e. The van der Waals surface area contributed by atoms with Crippen molar-refractivity contribution in [1.29, 1.82) is 0 Å². The molecule has 0 saturated heterocycles. The van der Waals surface area contributed by atoms with Crippen molar-refractivity contribution in [3.8, 4) is 0 Å². The molecular formula is C17H24FN3O3. The number of nitrogens with one attached hydrogen (secondary N) is 2. The molecule has 1 fully saturated rings. The van der Waals surface area contributed by atoms with Gasteiger partial charge in [0.05, 0.1) is 11.8 Å². The molecule has 1 heterocycles. The van der Waals surface area contributed by atoms with Crippen LogP contribution in [0.2, 0.25) is 0 Å². The molecule has 1 aromatic rings. The van der Waals surface area contributed by atoms with Crippen LogP contribution in [0, 0.1) is 5.82 Å². The first-order valence-corrected chi connectivity index (χ1v) is 8.14. The molecule has 0 aliphatic heterocycles. The van der Waals surface area contributed by atoms with Gasteiger partial charge in [0.15, 0.2) is 0 Å². The lowest BCUT2D eigenvalue weighted by atomic mass is 9.91. The normalized spacial score (nSPS) is 21.0. The van der Waals surface area contributed by atoms with E-state index in [1.807, 2.05) is 20.8 Å². The molecule has 1 aromatic heterocycles. The highest BCUT2D eigenvalue weighted by Crippen LogP contribution is 2.20. The smallest absolute Gasteiger partial charge is 0.407 e. The van der Waals surface area contributed by atoms with Crippen LogP contribution in [-0.4, -0.2) is 34.7 Å². The first-order chi connectivity index (χ1) is 11.2. The molecular weight excluding hydrogens is 313 g/mol. The number of rotatable bonds is 3. The van der Waals surface area contributed by atoms with Gasteiger partial charge >= 0.3 is 6.09 Å². The van der Waals surface area contributed by atoms with E-state index < -0.39 is 17.5 Å². The molecule has 0 aromatic carbocycles. The van der Waals surface area contributed by atoms with E-state index in [0.29, 0.717) is 0 Å². The molecule has 6 nitrogen and oxygen atoms in total. The standard InChI is InChI=1S/C17H24FN3O3/c1-17(2,3)24-16(23)21-14-6-4-13(5-7-14)20-15(22)11-8-12(18)10-19-9-11/h8-10,13-14H,4-7H2,1-3H3,(H,20,22)(H,21,23). The highest BCUT2D eigenvalue weighted by atomic mass is 19.1. The summed E-state index contributed by atoms with van der Waals surface area (Å²) in [6.07, 6.45) is 4.99. The second-order valence-electron chi connectivity index (χ2n) is 7.06. The van der Waals surface area contributed by atoms with Crippen LogP contribution in [0.15, 0.2) is 18.5 Å². The lowest BCUT2D eigenvalue weighted by molar-refractivity contribution is 0.0488. The lowest BCUT2D eigenvalue weighted by Gasteiger charge is -2.30. The number of pyridine rings is 1. The zero-order chi connectivity index (χ0) is 17.7. The number of ether oxygens (including phenoxy) is 1. The number of amides is 2. The SMILES string of the molecule is CC(C)(C)OC(=O)NC1CCC(NC(=O)c2cncc(F)c2)CC1. The van der Waals surface area contributed by atoms with Gasteiger partial charge in [-0.15, -0.1) is 0 Å². The van der Waals surface area contributed by atoms with Crippen LogP contribution in [0.1, 0.15) is 56.8 Å². The fraction of sp³-hybridized carbons (Fsp3) is 0.588. The summed E-state index contributed by atoms with van der Waals surface area (Å²) in [7, 11) is 0.